The van der Waals surface area contributed by atoms with Crippen LogP contribution in [0.3, 0.4) is 0 Å². The van der Waals surface area contributed by atoms with Crippen molar-refractivity contribution in [1.29, 1.82) is 0 Å². The summed E-state index contributed by atoms with van der Waals surface area (Å²) in [4.78, 5) is 10.3. The molecule has 0 amide bonds. The molecule has 0 radical (unpaired) electrons. The van der Waals surface area contributed by atoms with E-state index < -0.39 is 11.8 Å². The number of carboxylic acid groups (broad SMARTS) is 1. The van der Waals surface area contributed by atoms with Crippen molar-refractivity contribution in [3.63, 3.8) is 0 Å². The largest absolute Gasteiger partial charge is 0.478 e. The Bertz CT molecular complexity index is 243. The van der Waals surface area contributed by atoms with Gasteiger partial charge in [0.15, 0.2) is 5.79 Å². The highest BCUT2D eigenvalue weighted by Crippen LogP contribution is 2.19. The highest BCUT2D eigenvalue weighted by Gasteiger charge is 2.22. The van der Waals surface area contributed by atoms with Crippen LogP contribution in [0.1, 0.15) is 6.42 Å². The fraction of sp³-hybridized carbons (Fsp3) is 0.286. The number of nitrogens with two attached hydrogens (primary N) is 1. The standard InChI is InChI=1S/C7H8FNO2/c8-7(9)3-1-5(2-4-7)6(10)11/h1-3H,4,9H2,(H,10,11). The molecule has 0 aromatic carbocycles. The molecule has 0 spiro atoms. The predicted molar refractivity (Wildman–Crippen MR) is 37.5 cm³/mol. The Kier molecular flexibility index (Phi) is 1.78. The minimum absolute atomic E-state index is 0.0782. The van der Waals surface area contributed by atoms with Crippen molar-refractivity contribution < 1.29 is 14.3 Å². The molecule has 0 saturated heterocycles. The van der Waals surface area contributed by atoms with Gasteiger partial charge in [0, 0.05) is 6.42 Å². The topological polar surface area (TPSA) is 63.3 Å². The summed E-state index contributed by atoms with van der Waals surface area (Å²) in [5, 5.41) is 8.43. The summed E-state index contributed by atoms with van der Waals surface area (Å²) >= 11 is 0. The molecule has 11 heavy (non-hydrogen) atoms. The molecule has 4 heteroatoms. The highest BCUT2D eigenvalue weighted by atomic mass is 19.1. The maximum absolute atomic E-state index is 12.8. The molecule has 0 fully saturated rings. The SMILES string of the molecule is NC1(F)C=CC(C(=O)O)=CC1. The van der Waals surface area contributed by atoms with Crippen LogP contribution < -0.4 is 5.73 Å². The van der Waals surface area contributed by atoms with Crippen molar-refractivity contribution in [2.45, 2.75) is 12.2 Å². The first kappa shape index (κ1) is 7.94. The Morgan fingerprint density at radius 3 is 2.82 bits per heavy atom. The first-order chi connectivity index (χ1) is 5.01. The minimum Gasteiger partial charge on any atom is -0.478 e. The molecule has 1 rings (SSSR count). The summed E-state index contributed by atoms with van der Waals surface area (Å²) in [5.74, 6) is -2.93. The molecule has 0 aliphatic heterocycles. The van der Waals surface area contributed by atoms with Gasteiger partial charge in [0.1, 0.15) is 0 Å². The molecule has 1 unspecified atom stereocenters. The predicted octanol–water partition coefficient (Wildman–Crippen LogP) is 0.582. The van der Waals surface area contributed by atoms with E-state index in [0.717, 1.165) is 6.08 Å². The monoisotopic (exact) mass is 157 g/mol. The third-order valence-electron chi connectivity index (χ3n) is 1.42. The van der Waals surface area contributed by atoms with Crippen molar-refractivity contribution in [2.24, 2.45) is 5.73 Å². The van der Waals surface area contributed by atoms with Crippen molar-refractivity contribution in [1.82, 2.24) is 0 Å². The molecule has 0 aromatic rings. The lowest BCUT2D eigenvalue weighted by Gasteiger charge is -2.16. The Morgan fingerprint density at radius 1 is 1.82 bits per heavy atom. The summed E-state index contributed by atoms with van der Waals surface area (Å²) in [7, 11) is 0. The summed E-state index contributed by atoms with van der Waals surface area (Å²) in [5.41, 5.74) is 5.14. The maximum atomic E-state index is 12.8. The van der Waals surface area contributed by atoms with Crippen LogP contribution in [0.5, 0.6) is 0 Å². The number of hydrogen-bond donors (Lipinski definition) is 2. The molecule has 3 N–H and O–H groups in total. The Hall–Kier alpha value is -1.16. The van der Waals surface area contributed by atoms with Gasteiger partial charge in [-0.1, -0.05) is 6.08 Å². The van der Waals surface area contributed by atoms with Crippen LogP contribution in [-0.2, 0) is 4.79 Å². The van der Waals surface area contributed by atoms with Crippen LogP contribution >= 0.6 is 0 Å². The molecule has 1 aliphatic carbocycles. The van der Waals surface area contributed by atoms with E-state index in [1.54, 1.807) is 0 Å². The quantitative estimate of drug-likeness (QED) is 0.547. The summed E-state index contributed by atoms with van der Waals surface area (Å²) < 4.78 is 12.8. The Labute approximate surface area is 63.0 Å². The summed E-state index contributed by atoms with van der Waals surface area (Å²) in [6.07, 6.45) is 3.41. The zero-order valence-corrected chi connectivity index (χ0v) is 5.75. The Morgan fingerprint density at radius 2 is 2.45 bits per heavy atom. The number of alkyl halides is 1. The van der Waals surface area contributed by atoms with Crippen molar-refractivity contribution >= 4 is 5.97 Å². The second-order valence-electron chi connectivity index (χ2n) is 2.43. The van der Waals surface area contributed by atoms with Crippen molar-refractivity contribution in [3.05, 3.63) is 23.8 Å². The van der Waals surface area contributed by atoms with E-state index in [2.05, 4.69) is 0 Å². The van der Waals surface area contributed by atoms with Gasteiger partial charge in [-0.05, 0) is 12.2 Å². The lowest BCUT2D eigenvalue weighted by Crippen LogP contribution is -2.32. The van der Waals surface area contributed by atoms with Crippen LogP contribution in [0.2, 0.25) is 0 Å². The van der Waals surface area contributed by atoms with Crippen LogP contribution in [-0.4, -0.2) is 16.9 Å². The summed E-state index contributed by atoms with van der Waals surface area (Å²) in [6.45, 7) is 0. The molecule has 1 aliphatic rings. The minimum atomic E-state index is -1.88. The average molecular weight is 157 g/mol. The van der Waals surface area contributed by atoms with Crippen LogP contribution in [0.4, 0.5) is 4.39 Å². The second-order valence-corrected chi connectivity index (χ2v) is 2.43. The first-order valence-electron chi connectivity index (χ1n) is 3.12. The van der Waals surface area contributed by atoms with Gasteiger partial charge in [-0.15, -0.1) is 0 Å². The molecule has 0 saturated carbocycles. The van der Waals surface area contributed by atoms with Gasteiger partial charge in [-0.2, -0.15) is 0 Å². The van der Waals surface area contributed by atoms with Crippen molar-refractivity contribution in [3.8, 4) is 0 Å². The fourth-order valence-corrected chi connectivity index (χ4v) is 0.789. The van der Waals surface area contributed by atoms with Gasteiger partial charge in [-0.25, -0.2) is 9.18 Å². The number of rotatable bonds is 1. The van der Waals surface area contributed by atoms with E-state index in [4.69, 9.17) is 10.8 Å². The van der Waals surface area contributed by atoms with E-state index in [0.29, 0.717) is 0 Å². The van der Waals surface area contributed by atoms with E-state index in [1.165, 1.54) is 12.2 Å². The highest BCUT2D eigenvalue weighted by molar-refractivity contribution is 5.90. The molecule has 0 heterocycles. The number of aliphatic carboxylic acids is 1. The normalized spacial score (nSPS) is 29.8. The molecule has 1 atom stereocenters. The maximum Gasteiger partial charge on any atom is 0.335 e. The first-order valence-corrected chi connectivity index (χ1v) is 3.12. The number of halogens is 1. The van der Waals surface area contributed by atoms with E-state index >= 15 is 0 Å². The third kappa shape index (κ3) is 1.88. The van der Waals surface area contributed by atoms with Gasteiger partial charge < -0.3 is 5.11 Å². The zero-order valence-electron chi connectivity index (χ0n) is 5.75. The lowest BCUT2D eigenvalue weighted by atomic mass is 10.0. The fourth-order valence-electron chi connectivity index (χ4n) is 0.789. The lowest BCUT2D eigenvalue weighted by molar-refractivity contribution is -0.132. The van der Waals surface area contributed by atoms with Crippen LogP contribution in [0, 0.1) is 0 Å². The average Bonchev–Trinajstić information content (AvgIpc) is 1.86. The van der Waals surface area contributed by atoms with Gasteiger partial charge >= 0.3 is 5.97 Å². The van der Waals surface area contributed by atoms with Crippen molar-refractivity contribution in [2.75, 3.05) is 0 Å². The molecular formula is C7H8FNO2. The zero-order chi connectivity index (χ0) is 8.48. The van der Waals surface area contributed by atoms with E-state index in [9.17, 15) is 9.18 Å². The number of carboxylic acids is 1. The van der Waals surface area contributed by atoms with Crippen LogP contribution in [0.25, 0.3) is 0 Å². The number of hydrogen-bond acceptors (Lipinski definition) is 2. The molecular weight excluding hydrogens is 149 g/mol. The second kappa shape index (κ2) is 2.47. The molecule has 0 bridgehead atoms. The number of carbonyl (C=O) groups is 1. The van der Waals surface area contributed by atoms with E-state index in [-0.39, 0.29) is 12.0 Å². The van der Waals surface area contributed by atoms with Gasteiger partial charge in [0.2, 0.25) is 0 Å². The Balaban J connectivity index is 2.75. The summed E-state index contributed by atoms with van der Waals surface area (Å²) in [6, 6.07) is 0. The van der Waals surface area contributed by atoms with Gasteiger partial charge in [0.25, 0.3) is 0 Å². The smallest absolute Gasteiger partial charge is 0.335 e. The molecule has 60 valence electrons. The van der Waals surface area contributed by atoms with E-state index in [1.807, 2.05) is 0 Å². The van der Waals surface area contributed by atoms with Gasteiger partial charge in [-0.3, -0.25) is 5.73 Å². The third-order valence-corrected chi connectivity index (χ3v) is 1.42. The molecule has 0 aromatic heterocycles. The van der Waals surface area contributed by atoms with Crippen LogP contribution in [0.15, 0.2) is 23.8 Å². The van der Waals surface area contributed by atoms with Gasteiger partial charge in [0.05, 0.1) is 5.57 Å². The molecule has 3 nitrogen and oxygen atoms in total.